The van der Waals surface area contributed by atoms with E-state index in [1.165, 1.54) is 10.9 Å². The van der Waals surface area contributed by atoms with Crippen molar-refractivity contribution in [2.75, 3.05) is 5.73 Å². The normalized spacial score (nSPS) is 9.91. The molecule has 0 bridgehead atoms. The van der Waals surface area contributed by atoms with Gasteiger partial charge in [0.1, 0.15) is 5.82 Å². The van der Waals surface area contributed by atoms with Crippen molar-refractivity contribution in [3.05, 3.63) is 11.8 Å². The first-order valence-electron chi connectivity index (χ1n) is 3.09. The van der Waals surface area contributed by atoms with E-state index in [-0.39, 0.29) is 6.42 Å². The summed E-state index contributed by atoms with van der Waals surface area (Å²) < 4.78 is 1.44. The van der Waals surface area contributed by atoms with Gasteiger partial charge in [0.25, 0.3) is 0 Å². The molecule has 0 aromatic carbocycles. The predicted molar refractivity (Wildman–Crippen MR) is 39.0 cm³/mol. The van der Waals surface area contributed by atoms with E-state index in [4.69, 9.17) is 10.8 Å². The minimum atomic E-state index is -0.898. The summed E-state index contributed by atoms with van der Waals surface area (Å²) >= 11 is 0. The number of carboxylic acid groups (broad SMARTS) is 1. The molecule has 0 saturated heterocycles. The number of rotatable bonds is 2. The molecule has 0 spiro atoms. The number of anilines is 1. The number of hydrogen-bond acceptors (Lipinski definition) is 3. The zero-order valence-corrected chi connectivity index (χ0v) is 6.11. The molecule has 1 rings (SSSR count). The number of nitrogen functional groups attached to an aromatic ring is 1. The molecule has 0 fully saturated rings. The molecular formula is C6H9N3O2. The maximum absolute atomic E-state index is 10.2. The maximum Gasteiger partial charge on any atom is 0.308 e. The summed E-state index contributed by atoms with van der Waals surface area (Å²) in [4.78, 5) is 10.2. The van der Waals surface area contributed by atoms with E-state index in [0.717, 1.165) is 0 Å². The van der Waals surface area contributed by atoms with E-state index in [1.54, 1.807) is 7.05 Å². The Morgan fingerprint density at radius 3 is 2.91 bits per heavy atom. The number of nitrogens with two attached hydrogens (primary N) is 1. The number of hydrogen-bond donors (Lipinski definition) is 2. The smallest absolute Gasteiger partial charge is 0.308 e. The summed E-state index contributed by atoms with van der Waals surface area (Å²) in [6, 6.07) is 0. The molecule has 5 nitrogen and oxygen atoms in total. The second-order valence-electron chi connectivity index (χ2n) is 2.25. The highest BCUT2D eigenvalue weighted by Gasteiger charge is 2.07. The van der Waals surface area contributed by atoms with E-state index < -0.39 is 5.97 Å². The van der Waals surface area contributed by atoms with Crippen molar-refractivity contribution in [2.45, 2.75) is 6.42 Å². The minimum Gasteiger partial charge on any atom is -0.481 e. The summed E-state index contributed by atoms with van der Waals surface area (Å²) in [6.45, 7) is 0. The molecule has 1 aromatic rings. The van der Waals surface area contributed by atoms with Gasteiger partial charge in [-0.1, -0.05) is 0 Å². The van der Waals surface area contributed by atoms with Crippen molar-refractivity contribution in [2.24, 2.45) is 7.05 Å². The van der Waals surface area contributed by atoms with Gasteiger partial charge in [0.2, 0.25) is 0 Å². The van der Waals surface area contributed by atoms with Gasteiger partial charge in [0.05, 0.1) is 12.6 Å². The Bertz CT molecular complexity index is 279. The zero-order chi connectivity index (χ0) is 8.43. The molecule has 0 atom stereocenters. The van der Waals surface area contributed by atoms with Crippen LogP contribution in [0, 0.1) is 0 Å². The highest BCUT2D eigenvalue weighted by Crippen LogP contribution is 2.09. The second kappa shape index (κ2) is 2.61. The lowest BCUT2D eigenvalue weighted by Crippen LogP contribution is -2.04. The first-order valence-corrected chi connectivity index (χ1v) is 3.09. The molecule has 0 aliphatic carbocycles. The Balaban J connectivity index is 2.87. The van der Waals surface area contributed by atoms with E-state index in [0.29, 0.717) is 11.4 Å². The van der Waals surface area contributed by atoms with Crippen molar-refractivity contribution in [1.29, 1.82) is 0 Å². The molecule has 0 aliphatic rings. The van der Waals surface area contributed by atoms with Crippen molar-refractivity contribution >= 4 is 11.8 Å². The predicted octanol–water partition coefficient (Wildman–Crippen LogP) is -0.371. The van der Waals surface area contributed by atoms with Crippen LogP contribution in [0.15, 0.2) is 6.20 Å². The standard InChI is InChI=1S/C6H9N3O2/c1-9-6(7)4(3-8-9)2-5(10)11/h3H,2,7H2,1H3,(H,10,11). The van der Waals surface area contributed by atoms with Gasteiger partial charge in [-0.25, -0.2) is 0 Å². The fourth-order valence-corrected chi connectivity index (χ4v) is 0.792. The Kier molecular flexibility index (Phi) is 1.80. The third kappa shape index (κ3) is 1.49. The average molecular weight is 155 g/mol. The summed E-state index contributed by atoms with van der Waals surface area (Å²) in [7, 11) is 1.67. The fourth-order valence-electron chi connectivity index (χ4n) is 0.792. The summed E-state index contributed by atoms with van der Waals surface area (Å²) in [6.07, 6.45) is 1.39. The van der Waals surface area contributed by atoms with Crippen molar-refractivity contribution in [3.8, 4) is 0 Å². The zero-order valence-electron chi connectivity index (χ0n) is 6.11. The van der Waals surface area contributed by atoms with Crippen molar-refractivity contribution < 1.29 is 9.90 Å². The van der Waals surface area contributed by atoms with E-state index in [1.807, 2.05) is 0 Å². The number of aliphatic carboxylic acids is 1. The number of aromatic nitrogens is 2. The van der Waals surface area contributed by atoms with Crippen LogP contribution < -0.4 is 5.73 Å². The topological polar surface area (TPSA) is 81.1 Å². The summed E-state index contributed by atoms with van der Waals surface area (Å²) in [5, 5.41) is 12.2. The lowest BCUT2D eigenvalue weighted by Gasteiger charge is -1.95. The van der Waals surface area contributed by atoms with Gasteiger partial charge in [-0.2, -0.15) is 5.10 Å². The van der Waals surface area contributed by atoms with Crippen LogP contribution in [0.5, 0.6) is 0 Å². The van der Waals surface area contributed by atoms with Crippen LogP contribution in [0.25, 0.3) is 0 Å². The van der Waals surface area contributed by atoms with Crippen LogP contribution in [-0.2, 0) is 18.3 Å². The third-order valence-electron chi connectivity index (χ3n) is 1.41. The maximum atomic E-state index is 10.2. The number of carbonyl (C=O) groups is 1. The fraction of sp³-hybridized carbons (Fsp3) is 0.333. The lowest BCUT2D eigenvalue weighted by atomic mass is 10.2. The van der Waals surface area contributed by atoms with Crippen LogP contribution in [0.3, 0.4) is 0 Å². The van der Waals surface area contributed by atoms with Crippen LogP contribution in [0.4, 0.5) is 5.82 Å². The number of nitrogens with zero attached hydrogens (tertiary/aromatic N) is 2. The third-order valence-corrected chi connectivity index (χ3v) is 1.41. The van der Waals surface area contributed by atoms with Gasteiger partial charge in [0.15, 0.2) is 0 Å². The van der Waals surface area contributed by atoms with Gasteiger partial charge in [0, 0.05) is 12.6 Å². The van der Waals surface area contributed by atoms with Crippen LogP contribution >= 0.6 is 0 Å². The SMILES string of the molecule is Cn1ncc(CC(=O)O)c1N. The molecule has 0 unspecified atom stereocenters. The average Bonchev–Trinajstić information content (AvgIpc) is 2.18. The Morgan fingerprint density at radius 1 is 1.91 bits per heavy atom. The second-order valence-corrected chi connectivity index (χ2v) is 2.25. The first-order chi connectivity index (χ1) is 5.11. The molecule has 0 amide bonds. The van der Waals surface area contributed by atoms with Crippen LogP contribution in [0.2, 0.25) is 0 Å². The lowest BCUT2D eigenvalue weighted by molar-refractivity contribution is -0.136. The quantitative estimate of drug-likeness (QED) is 0.610. The highest BCUT2D eigenvalue weighted by molar-refractivity contribution is 5.71. The van der Waals surface area contributed by atoms with Crippen LogP contribution in [-0.4, -0.2) is 20.9 Å². The van der Waals surface area contributed by atoms with Gasteiger partial charge >= 0.3 is 5.97 Å². The summed E-state index contributed by atoms with van der Waals surface area (Å²) in [5.41, 5.74) is 6.04. The number of carboxylic acids is 1. The first kappa shape index (κ1) is 7.59. The molecule has 0 saturated carbocycles. The van der Waals surface area contributed by atoms with E-state index in [9.17, 15) is 4.79 Å². The van der Waals surface area contributed by atoms with Crippen LogP contribution in [0.1, 0.15) is 5.56 Å². The minimum absolute atomic E-state index is 0.0698. The monoisotopic (exact) mass is 155 g/mol. The largest absolute Gasteiger partial charge is 0.481 e. The molecule has 3 N–H and O–H groups in total. The van der Waals surface area contributed by atoms with Crippen molar-refractivity contribution in [1.82, 2.24) is 9.78 Å². The van der Waals surface area contributed by atoms with Gasteiger partial charge in [-0.3, -0.25) is 9.48 Å². The summed E-state index contributed by atoms with van der Waals surface area (Å²) in [5.74, 6) is -0.489. The molecule has 1 aromatic heterocycles. The van der Waals surface area contributed by atoms with Crippen molar-refractivity contribution in [3.63, 3.8) is 0 Å². The Hall–Kier alpha value is -1.52. The molecule has 0 aliphatic heterocycles. The molecule has 5 heteroatoms. The van der Waals surface area contributed by atoms with Gasteiger partial charge in [-0.05, 0) is 0 Å². The van der Waals surface area contributed by atoms with E-state index >= 15 is 0 Å². The molecule has 60 valence electrons. The Labute approximate surface area is 63.4 Å². The molecule has 0 radical (unpaired) electrons. The molecule has 1 heterocycles. The Morgan fingerprint density at radius 2 is 2.55 bits per heavy atom. The molecular weight excluding hydrogens is 146 g/mol. The highest BCUT2D eigenvalue weighted by atomic mass is 16.4. The molecule has 11 heavy (non-hydrogen) atoms. The van der Waals surface area contributed by atoms with Gasteiger partial charge in [-0.15, -0.1) is 0 Å². The number of aryl methyl sites for hydroxylation is 1. The van der Waals surface area contributed by atoms with Gasteiger partial charge < -0.3 is 10.8 Å². The van der Waals surface area contributed by atoms with E-state index in [2.05, 4.69) is 5.10 Å².